The number of rotatable bonds is 8. The minimum Gasteiger partial charge on any atom is -0.487 e. The fraction of sp³-hybridized carbons (Fsp3) is 0.385. The van der Waals surface area contributed by atoms with Gasteiger partial charge in [0.1, 0.15) is 17.3 Å². The van der Waals surface area contributed by atoms with Gasteiger partial charge in [-0.15, -0.1) is 0 Å². The first-order valence-corrected chi connectivity index (χ1v) is 6.32. The maximum Gasteiger partial charge on any atom is 0.224 e. The molecule has 0 atom stereocenters. The van der Waals surface area contributed by atoms with Crippen LogP contribution < -0.4 is 15.8 Å². The molecule has 3 N–H and O–H groups in total. The van der Waals surface area contributed by atoms with Gasteiger partial charge in [0.05, 0.1) is 0 Å². The number of ether oxygens (including phenoxy) is 2. The highest BCUT2D eigenvalue weighted by Gasteiger charge is 2.02. The average Bonchev–Trinajstić information content (AvgIpc) is 2.38. The third-order valence-electron chi connectivity index (χ3n) is 2.27. The number of hydrogen-bond donors (Lipinski definition) is 2. The van der Waals surface area contributed by atoms with Gasteiger partial charge in [-0.1, -0.05) is 12.2 Å². The highest BCUT2D eigenvalue weighted by atomic mass is 32.1. The zero-order chi connectivity index (χ0) is 14.1. The monoisotopic (exact) mass is 282 g/mol. The Morgan fingerprint density at radius 3 is 2.63 bits per heavy atom. The number of amides is 1. The number of hydrogen-bond acceptors (Lipinski definition) is 4. The lowest BCUT2D eigenvalue weighted by Gasteiger charge is -2.07. The van der Waals surface area contributed by atoms with Crippen molar-refractivity contribution in [3.05, 3.63) is 24.3 Å². The molecule has 104 valence electrons. The second-order valence-electron chi connectivity index (χ2n) is 3.92. The first-order chi connectivity index (χ1) is 9.11. The van der Waals surface area contributed by atoms with Crippen molar-refractivity contribution in [2.45, 2.75) is 12.8 Å². The summed E-state index contributed by atoms with van der Waals surface area (Å²) in [5.74, 6) is 0.624. The number of thiocarbonyl (C=S) groups is 1. The van der Waals surface area contributed by atoms with Crippen LogP contribution in [0.5, 0.6) is 5.75 Å². The minimum absolute atomic E-state index is 0.0335. The number of carbonyl (C=O) groups excluding carboxylic acids is 1. The zero-order valence-corrected chi connectivity index (χ0v) is 11.7. The lowest BCUT2D eigenvalue weighted by Crippen LogP contribution is -2.17. The van der Waals surface area contributed by atoms with Crippen molar-refractivity contribution in [2.75, 3.05) is 25.6 Å². The molecule has 0 aliphatic carbocycles. The van der Waals surface area contributed by atoms with E-state index in [1.54, 1.807) is 31.4 Å². The minimum atomic E-state index is -0.0335. The van der Waals surface area contributed by atoms with E-state index in [-0.39, 0.29) is 12.5 Å². The van der Waals surface area contributed by atoms with Gasteiger partial charge in [-0.25, -0.2) is 0 Å². The van der Waals surface area contributed by atoms with Gasteiger partial charge >= 0.3 is 0 Å². The van der Waals surface area contributed by atoms with E-state index in [4.69, 9.17) is 27.4 Å². The van der Waals surface area contributed by atoms with Gasteiger partial charge in [-0.05, 0) is 30.7 Å². The van der Waals surface area contributed by atoms with Crippen LogP contribution >= 0.6 is 12.2 Å². The summed E-state index contributed by atoms with van der Waals surface area (Å²) < 4.78 is 10.2. The summed E-state index contributed by atoms with van der Waals surface area (Å²) in [6, 6.07) is 7.04. The van der Waals surface area contributed by atoms with Gasteiger partial charge in [0.2, 0.25) is 5.91 Å². The second-order valence-corrected chi connectivity index (χ2v) is 4.45. The van der Waals surface area contributed by atoms with Crippen molar-refractivity contribution >= 4 is 28.8 Å². The number of carbonyl (C=O) groups is 1. The molecular formula is C13H18N2O3S. The first-order valence-electron chi connectivity index (χ1n) is 5.92. The van der Waals surface area contributed by atoms with Crippen molar-refractivity contribution in [2.24, 2.45) is 5.73 Å². The summed E-state index contributed by atoms with van der Waals surface area (Å²) in [6.45, 7) is 0.789. The molecule has 0 saturated heterocycles. The maximum absolute atomic E-state index is 11.6. The van der Waals surface area contributed by atoms with Gasteiger partial charge < -0.3 is 20.5 Å². The molecule has 1 amide bonds. The number of methoxy groups -OCH3 is 1. The smallest absolute Gasteiger partial charge is 0.224 e. The number of anilines is 1. The van der Waals surface area contributed by atoms with Crippen LogP contribution in [0.4, 0.5) is 5.69 Å². The Balaban J connectivity index is 2.39. The van der Waals surface area contributed by atoms with Crippen LogP contribution in [0.3, 0.4) is 0 Å². The standard InChI is InChI=1S/C13H18N2O3S/c1-17-8-2-3-13(16)15-10-4-6-11(7-5-10)18-9-12(14)19/h4-7H,2-3,8-9H2,1H3,(H2,14,19)(H,15,16). The molecule has 0 bridgehead atoms. The Morgan fingerprint density at radius 2 is 2.05 bits per heavy atom. The average molecular weight is 282 g/mol. The predicted molar refractivity (Wildman–Crippen MR) is 78.5 cm³/mol. The van der Waals surface area contributed by atoms with Crippen LogP contribution in [0.2, 0.25) is 0 Å². The molecule has 0 saturated carbocycles. The zero-order valence-electron chi connectivity index (χ0n) is 10.8. The van der Waals surface area contributed by atoms with Gasteiger partial charge in [-0.3, -0.25) is 4.79 Å². The molecule has 6 heteroatoms. The molecule has 0 aliphatic heterocycles. The van der Waals surface area contributed by atoms with E-state index < -0.39 is 0 Å². The fourth-order valence-electron chi connectivity index (χ4n) is 1.39. The van der Waals surface area contributed by atoms with Crippen LogP contribution in [0.15, 0.2) is 24.3 Å². The second kappa shape index (κ2) is 8.44. The van der Waals surface area contributed by atoms with Crippen molar-refractivity contribution in [1.29, 1.82) is 0 Å². The van der Waals surface area contributed by atoms with Crippen LogP contribution in [0.25, 0.3) is 0 Å². The largest absolute Gasteiger partial charge is 0.487 e. The van der Waals surface area contributed by atoms with E-state index in [2.05, 4.69) is 5.32 Å². The van der Waals surface area contributed by atoms with Crippen molar-refractivity contribution < 1.29 is 14.3 Å². The van der Waals surface area contributed by atoms with Crippen molar-refractivity contribution in [3.63, 3.8) is 0 Å². The Bertz CT molecular complexity index is 420. The molecule has 1 aromatic rings. The predicted octanol–water partition coefficient (Wildman–Crippen LogP) is 1.72. The van der Waals surface area contributed by atoms with E-state index in [1.165, 1.54) is 0 Å². The molecule has 19 heavy (non-hydrogen) atoms. The van der Waals surface area contributed by atoms with Crippen molar-refractivity contribution in [1.82, 2.24) is 0 Å². The lowest BCUT2D eigenvalue weighted by molar-refractivity contribution is -0.116. The first kappa shape index (κ1) is 15.4. The fourth-order valence-corrected chi connectivity index (χ4v) is 1.45. The molecule has 0 aliphatic rings. The Labute approximate surface area is 118 Å². The van der Waals surface area contributed by atoms with E-state index in [9.17, 15) is 4.79 Å². The van der Waals surface area contributed by atoms with Crippen LogP contribution in [-0.2, 0) is 9.53 Å². The topological polar surface area (TPSA) is 73.6 Å². The SMILES string of the molecule is COCCCC(=O)Nc1ccc(OCC(N)=S)cc1. The quantitative estimate of drug-likeness (QED) is 0.561. The molecule has 0 radical (unpaired) electrons. The molecular weight excluding hydrogens is 264 g/mol. The van der Waals surface area contributed by atoms with E-state index in [1.807, 2.05) is 0 Å². The molecule has 0 heterocycles. The molecule has 5 nitrogen and oxygen atoms in total. The highest BCUT2D eigenvalue weighted by Crippen LogP contribution is 2.15. The number of nitrogens with one attached hydrogen (secondary N) is 1. The summed E-state index contributed by atoms with van der Waals surface area (Å²) in [4.78, 5) is 11.9. The Morgan fingerprint density at radius 1 is 1.37 bits per heavy atom. The normalized spacial score (nSPS) is 9.95. The molecule has 1 rings (SSSR count). The van der Waals surface area contributed by atoms with Gasteiger partial charge in [-0.2, -0.15) is 0 Å². The summed E-state index contributed by atoms with van der Waals surface area (Å²) in [5, 5.41) is 2.79. The van der Waals surface area contributed by atoms with Crippen LogP contribution in [-0.4, -0.2) is 31.2 Å². The molecule has 1 aromatic carbocycles. The van der Waals surface area contributed by atoms with E-state index in [0.717, 1.165) is 5.69 Å². The molecule has 0 spiro atoms. The maximum atomic E-state index is 11.6. The van der Waals surface area contributed by atoms with E-state index in [0.29, 0.717) is 30.2 Å². The Kier molecular flexibility index (Phi) is 6.84. The summed E-state index contributed by atoms with van der Waals surface area (Å²) in [5.41, 5.74) is 6.06. The number of benzene rings is 1. The summed E-state index contributed by atoms with van der Waals surface area (Å²) in [7, 11) is 1.61. The van der Waals surface area contributed by atoms with Gasteiger partial charge in [0.15, 0.2) is 0 Å². The highest BCUT2D eigenvalue weighted by molar-refractivity contribution is 7.80. The van der Waals surface area contributed by atoms with E-state index >= 15 is 0 Å². The van der Waals surface area contributed by atoms with Gasteiger partial charge in [0.25, 0.3) is 0 Å². The van der Waals surface area contributed by atoms with Crippen LogP contribution in [0.1, 0.15) is 12.8 Å². The third kappa shape index (κ3) is 6.73. The van der Waals surface area contributed by atoms with Crippen LogP contribution in [0, 0.1) is 0 Å². The third-order valence-corrected chi connectivity index (χ3v) is 2.39. The molecule has 0 aromatic heterocycles. The lowest BCUT2D eigenvalue weighted by atomic mass is 10.2. The summed E-state index contributed by atoms with van der Waals surface area (Å²) >= 11 is 4.71. The van der Waals surface area contributed by atoms with Crippen molar-refractivity contribution in [3.8, 4) is 5.75 Å². The van der Waals surface area contributed by atoms with Gasteiger partial charge in [0, 0.05) is 25.8 Å². The Hall–Kier alpha value is -1.66. The summed E-state index contributed by atoms with van der Waals surface area (Å²) in [6.07, 6.45) is 1.14. The molecule has 0 fully saturated rings. The molecule has 0 unspecified atom stereocenters. The number of nitrogens with two attached hydrogens (primary N) is 1.